The Bertz CT molecular complexity index is 357. The maximum Gasteiger partial charge on any atom is 0.129 e. The second kappa shape index (κ2) is 5.45. The van der Waals surface area contributed by atoms with E-state index in [4.69, 9.17) is 5.73 Å². The molecule has 94 valence electrons. The Labute approximate surface area is 103 Å². The van der Waals surface area contributed by atoms with E-state index >= 15 is 0 Å². The highest BCUT2D eigenvalue weighted by Crippen LogP contribution is 2.30. The molecule has 0 bridgehead atoms. The minimum atomic E-state index is 0.687. The molecule has 1 saturated carbocycles. The largest absolute Gasteiger partial charge is 0.370 e. The van der Waals surface area contributed by atoms with Crippen LogP contribution in [-0.4, -0.2) is 23.1 Å². The lowest BCUT2D eigenvalue weighted by Crippen LogP contribution is -2.24. The van der Waals surface area contributed by atoms with Gasteiger partial charge in [-0.2, -0.15) is 0 Å². The van der Waals surface area contributed by atoms with Crippen LogP contribution in [0.15, 0.2) is 6.07 Å². The van der Waals surface area contributed by atoms with Gasteiger partial charge in [0, 0.05) is 18.3 Å². The van der Waals surface area contributed by atoms with Gasteiger partial charge in [-0.25, -0.2) is 9.97 Å². The lowest BCUT2D eigenvalue weighted by atomic mass is 9.96. The number of rotatable bonds is 4. The van der Waals surface area contributed by atoms with Crippen LogP contribution in [0.5, 0.6) is 0 Å². The summed E-state index contributed by atoms with van der Waals surface area (Å²) in [4.78, 5) is 8.67. The Morgan fingerprint density at radius 3 is 2.76 bits per heavy atom. The summed E-state index contributed by atoms with van der Waals surface area (Å²) in [5.74, 6) is 3.16. The van der Waals surface area contributed by atoms with E-state index in [0.29, 0.717) is 11.8 Å². The maximum absolute atomic E-state index is 5.79. The quantitative estimate of drug-likeness (QED) is 0.835. The third kappa shape index (κ3) is 3.16. The molecule has 2 atom stereocenters. The maximum atomic E-state index is 5.79. The molecule has 1 aromatic heterocycles. The molecule has 0 aliphatic heterocycles. The van der Waals surface area contributed by atoms with Gasteiger partial charge in [0.15, 0.2) is 0 Å². The van der Waals surface area contributed by atoms with Crippen LogP contribution in [0.25, 0.3) is 0 Å². The molecule has 1 aromatic rings. The van der Waals surface area contributed by atoms with Gasteiger partial charge in [0.2, 0.25) is 0 Å². The van der Waals surface area contributed by atoms with Crippen LogP contribution in [-0.2, 0) is 0 Å². The molecule has 0 amide bonds. The normalized spacial score (nSPS) is 23.9. The number of nitrogens with two attached hydrogens (primary N) is 1. The molecule has 3 N–H and O–H groups in total. The van der Waals surface area contributed by atoms with Crippen LogP contribution in [0.1, 0.15) is 30.8 Å². The van der Waals surface area contributed by atoms with Crippen molar-refractivity contribution in [1.82, 2.24) is 9.97 Å². The summed E-state index contributed by atoms with van der Waals surface area (Å²) in [6.07, 6.45) is 3.89. The predicted octanol–water partition coefficient (Wildman–Crippen LogP) is 1.88. The molecule has 0 spiro atoms. The molecule has 2 rings (SSSR count). The molecule has 1 aliphatic rings. The van der Waals surface area contributed by atoms with Crippen molar-refractivity contribution in [2.24, 2.45) is 17.6 Å². The Balaban J connectivity index is 1.93. The summed E-state index contributed by atoms with van der Waals surface area (Å²) in [7, 11) is 0. The number of aryl methyl sites for hydroxylation is 2. The number of hydrogen-bond donors (Lipinski definition) is 2. The molecular weight excluding hydrogens is 212 g/mol. The standard InChI is InChI=1S/C13H22N4/c1-9-6-13(17-10(2)16-9)15-8-12-5-3-4-11(12)7-14/h6,11-12H,3-5,7-8,14H2,1-2H3,(H,15,16,17). The molecule has 17 heavy (non-hydrogen) atoms. The Hall–Kier alpha value is -1.16. The highest BCUT2D eigenvalue weighted by atomic mass is 15.0. The Morgan fingerprint density at radius 1 is 1.29 bits per heavy atom. The monoisotopic (exact) mass is 234 g/mol. The van der Waals surface area contributed by atoms with E-state index in [9.17, 15) is 0 Å². The van der Waals surface area contributed by atoms with Crippen molar-refractivity contribution in [1.29, 1.82) is 0 Å². The number of nitrogens with zero attached hydrogens (tertiary/aromatic N) is 2. The molecule has 4 nitrogen and oxygen atoms in total. The van der Waals surface area contributed by atoms with Gasteiger partial charge in [-0.3, -0.25) is 0 Å². The Kier molecular flexibility index (Phi) is 3.94. The number of aromatic nitrogens is 2. The predicted molar refractivity (Wildman–Crippen MR) is 69.9 cm³/mol. The Morgan fingerprint density at radius 2 is 2.06 bits per heavy atom. The first kappa shape index (κ1) is 12.3. The van der Waals surface area contributed by atoms with E-state index in [0.717, 1.165) is 30.4 Å². The van der Waals surface area contributed by atoms with Crippen LogP contribution in [0.3, 0.4) is 0 Å². The van der Waals surface area contributed by atoms with E-state index in [2.05, 4.69) is 15.3 Å². The molecule has 4 heteroatoms. The van der Waals surface area contributed by atoms with Gasteiger partial charge in [0.1, 0.15) is 11.6 Å². The van der Waals surface area contributed by atoms with Crippen LogP contribution >= 0.6 is 0 Å². The minimum absolute atomic E-state index is 0.687. The average Bonchev–Trinajstić information content (AvgIpc) is 2.72. The number of hydrogen-bond acceptors (Lipinski definition) is 4. The molecule has 0 aromatic carbocycles. The molecule has 2 unspecified atom stereocenters. The van der Waals surface area contributed by atoms with Crippen LogP contribution in [0, 0.1) is 25.7 Å². The van der Waals surface area contributed by atoms with E-state index in [-0.39, 0.29) is 0 Å². The number of anilines is 1. The van der Waals surface area contributed by atoms with Gasteiger partial charge in [0.05, 0.1) is 0 Å². The molecule has 1 heterocycles. The lowest BCUT2D eigenvalue weighted by molar-refractivity contribution is 0.414. The van der Waals surface area contributed by atoms with Gasteiger partial charge in [0.25, 0.3) is 0 Å². The lowest BCUT2D eigenvalue weighted by Gasteiger charge is -2.18. The summed E-state index contributed by atoms with van der Waals surface area (Å²) in [5, 5.41) is 3.43. The summed E-state index contributed by atoms with van der Waals surface area (Å²) in [6, 6.07) is 2.00. The first-order valence-corrected chi connectivity index (χ1v) is 6.45. The SMILES string of the molecule is Cc1cc(NCC2CCCC2CN)nc(C)n1. The zero-order valence-corrected chi connectivity index (χ0v) is 10.7. The van der Waals surface area contributed by atoms with Crippen LogP contribution in [0.4, 0.5) is 5.82 Å². The second-order valence-corrected chi connectivity index (χ2v) is 5.01. The fraction of sp³-hybridized carbons (Fsp3) is 0.692. The fourth-order valence-corrected chi connectivity index (χ4v) is 2.74. The van der Waals surface area contributed by atoms with Gasteiger partial charge in [-0.15, -0.1) is 0 Å². The number of nitrogens with one attached hydrogen (secondary N) is 1. The first-order valence-electron chi connectivity index (χ1n) is 6.45. The van der Waals surface area contributed by atoms with Gasteiger partial charge < -0.3 is 11.1 Å². The van der Waals surface area contributed by atoms with Crippen molar-refractivity contribution >= 4 is 5.82 Å². The van der Waals surface area contributed by atoms with Crippen molar-refractivity contribution < 1.29 is 0 Å². The minimum Gasteiger partial charge on any atom is -0.370 e. The molecule has 1 fully saturated rings. The third-order valence-electron chi connectivity index (χ3n) is 3.63. The highest BCUT2D eigenvalue weighted by molar-refractivity contribution is 5.35. The highest BCUT2D eigenvalue weighted by Gasteiger charge is 2.25. The second-order valence-electron chi connectivity index (χ2n) is 5.01. The topological polar surface area (TPSA) is 63.8 Å². The van der Waals surface area contributed by atoms with Crippen LogP contribution in [0.2, 0.25) is 0 Å². The zero-order chi connectivity index (χ0) is 12.3. The molecule has 0 saturated heterocycles. The summed E-state index contributed by atoms with van der Waals surface area (Å²) in [5.41, 5.74) is 6.80. The van der Waals surface area contributed by atoms with Crippen molar-refractivity contribution in [2.75, 3.05) is 18.4 Å². The van der Waals surface area contributed by atoms with Gasteiger partial charge in [-0.1, -0.05) is 6.42 Å². The summed E-state index contributed by atoms with van der Waals surface area (Å²) in [6.45, 7) is 5.72. The van der Waals surface area contributed by atoms with Gasteiger partial charge >= 0.3 is 0 Å². The summed E-state index contributed by atoms with van der Waals surface area (Å²) < 4.78 is 0. The first-order chi connectivity index (χ1) is 8.19. The van der Waals surface area contributed by atoms with Crippen molar-refractivity contribution in [3.8, 4) is 0 Å². The average molecular weight is 234 g/mol. The van der Waals surface area contributed by atoms with E-state index in [1.54, 1.807) is 0 Å². The fourth-order valence-electron chi connectivity index (χ4n) is 2.74. The van der Waals surface area contributed by atoms with Crippen molar-refractivity contribution in [2.45, 2.75) is 33.1 Å². The summed E-state index contributed by atoms with van der Waals surface area (Å²) >= 11 is 0. The molecule has 0 radical (unpaired) electrons. The van der Waals surface area contributed by atoms with Crippen molar-refractivity contribution in [3.63, 3.8) is 0 Å². The smallest absolute Gasteiger partial charge is 0.129 e. The van der Waals surface area contributed by atoms with E-state index in [1.807, 2.05) is 19.9 Å². The molecule has 1 aliphatic carbocycles. The molecular formula is C13H22N4. The van der Waals surface area contributed by atoms with Crippen LogP contribution < -0.4 is 11.1 Å². The van der Waals surface area contributed by atoms with E-state index < -0.39 is 0 Å². The van der Waals surface area contributed by atoms with E-state index in [1.165, 1.54) is 19.3 Å². The van der Waals surface area contributed by atoms with Crippen molar-refractivity contribution in [3.05, 3.63) is 17.6 Å². The third-order valence-corrected chi connectivity index (χ3v) is 3.63. The zero-order valence-electron chi connectivity index (χ0n) is 10.7. The van der Waals surface area contributed by atoms with Gasteiger partial charge in [-0.05, 0) is 45.1 Å².